The Labute approximate surface area is 111 Å². The van der Waals surface area contributed by atoms with Gasteiger partial charge in [-0.2, -0.15) is 0 Å². The predicted octanol–water partition coefficient (Wildman–Crippen LogP) is -0.783. The summed E-state index contributed by atoms with van der Waals surface area (Å²) in [5, 5.41) is 0. The summed E-state index contributed by atoms with van der Waals surface area (Å²) < 4.78 is 26.5. The Kier molecular flexibility index (Phi) is 3.76. The zero-order valence-electron chi connectivity index (χ0n) is 10.7. The second-order valence-electron chi connectivity index (χ2n) is 4.54. The van der Waals surface area contributed by atoms with Crippen molar-refractivity contribution >= 4 is 16.1 Å². The van der Waals surface area contributed by atoms with Crippen LogP contribution in [0.3, 0.4) is 0 Å². The van der Waals surface area contributed by atoms with E-state index < -0.39 is 16.1 Å². The molecule has 1 aliphatic heterocycles. The zero-order valence-corrected chi connectivity index (χ0v) is 11.5. The molecule has 19 heavy (non-hydrogen) atoms. The van der Waals surface area contributed by atoms with Gasteiger partial charge in [-0.05, 0) is 6.42 Å². The molecule has 0 radical (unpaired) electrons. The maximum atomic E-state index is 11.3. The number of nitrogens with two attached hydrogens (primary N) is 1. The molecule has 9 heteroatoms. The molecule has 1 aliphatic rings. The van der Waals surface area contributed by atoms with Gasteiger partial charge in [0.25, 0.3) is 0 Å². The molecule has 2 heterocycles. The summed E-state index contributed by atoms with van der Waals surface area (Å²) in [6.07, 6.45) is 3.56. The number of imidazole rings is 1. The fourth-order valence-electron chi connectivity index (χ4n) is 2.05. The fraction of sp³-hybridized carbons (Fsp3) is 0.600. The average Bonchev–Trinajstić information content (AvgIpc) is 2.54. The molecule has 0 aliphatic carbocycles. The molecular weight excluding hydrogens is 270 g/mol. The molecule has 0 fully saturated rings. The van der Waals surface area contributed by atoms with Crippen LogP contribution in [-0.4, -0.2) is 41.7 Å². The first-order chi connectivity index (χ1) is 8.87. The number of carbonyl (C=O) groups excluding carboxylic acids is 1. The number of nitrogens with zero attached hydrogens (tertiary/aromatic N) is 3. The third kappa shape index (κ3) is 3.44. The number of primary amides is 1. The summed E-state index contributed by atoms with van der Waals surface area (Å²) in [6.45, 7) is 1.81. The van der Waals surface area contributed by atoms with Gasteiger partial charge in [0.15, 0.2) is 0 Å². The predicted molar refractivity (Wildman–Crippen MR) is 68.5 cm³/mol. The van der Waals surface area contributed by atoms with Gasteiger partial charge < -0.3 is 15.2 Å². The summed E-state index contributed by atoms with van der Waals surface area (Å²) in [6, 6.07) is -0.475. The van der Waals surface area contributed by atoms with Crippen LogP contribution in [0.15, 0.2) is 6.33 Å². The molecular formula is C10H17N5O3S. The van der Waals surface area contributed by atoms with Crippen molar-refractivity contribution in [3.63, 3.8) is 0 Å². The van der Waals surface area contributed by atoms with E-state index >= 15 is 0 Å². The number of urea groups is 1. The monoisotopic (exact) mass is 287 g/mol. The first-order valence-corrected chi connectivity index (χ1v) is 7.78. The Balaban J connectivity index is 2.20. The summed E-state index contributed by atoms with van der Waals surface area (Å²) in [4.78, 5) is 17.0. The first kappa shape index (κ1) is 13.8. The van der Waals surface area contributed by atoms with Gasteiger partial charge in [0, 0.05) is 13.1 Å². The molecule has 0 bridgehead atoms. The van der Waals surface area contributed by atoms with Crippen LogP contribution >= 0.6 is 0 Å². The molecule has 2 amide bonds. The minimum absolute atomic E-state index is 0.119. The van der Waals surface area contributed by atoms with Gasteiger partial charge in [-0.15, -0.1) is 0 Å². The number of amides is 2. The Hall–Kier alpha value is -1.61. The van der Waals surface area contributed by atoms with Crippen LogP contribution in [0, 0.1) is 0 Å². The zero-order chi connectivity index (χ0) is 14.0. The highest BCUT2D eigenvalue weighted by Crippen LogP contribution is 2.16. The largest absolute Gasteiger partial charge is 0.351 e. The number of rotatable bonds is 3. The van der Waals surface area contributed by atoms with E-state index in [9.17, 15) is 13.2 Å². The third-order valence-electron chi connectivity index (χ3n) is 3.01. The smallest absolute Gasteiger partial charge is 0.315 e. The lowest BCUT2D eigenvalue weighted by Gasteiger charge is -2.17. The fourth-order valence-corrected chi connectivity index (χ4v) is 2.45. The van der Waals surface area contributed by atoms with Crippen molar-refractivity contribution in [2.75, 3.05) is 12.8 Å². The summed E-state index contributed by atoms with van der Waals surface area (Å²) in [5.41, 5.74) is 6.75. The quantitative estimate of drug-likeness (QED) is 0.759. The number of aryl methyl sites for hydroxylation is 1. The van der Waals surface area contributed by atoms with Crippen molar-refractivity contribution < 1.29 is 13.2 Å². The first-order valence-electron chi connectivity index (χ1n) is 5.89. The van der Waals surface area contributed by atoms with Gasteiger partial charge in [-0.1, -0.05) is 0 Å². The Morgan fingerprint density at radius 3 is 2.89 bits per heavy atom. The van der Waals surface area contributed by atoms with Gasteiger partial charge in [0.1, 0.15) is 0 Å². The van der Waals surface area contributed by atoms with Gasteiger partial charge in [-0.3, -0.25) is 0 Å². The highest BCUT2D eigenvalue weighted by Gasteiger charge is 2.20. The van der Waals surface area contributed by atoms with E-state index in [0.29, 0.717) is 18.8 Å². The maximum absolute atomic E-state index is 11.3. The van der Waals surface area contributed by atoms with Crippen molar-refractivity contribution in [2.45, 2.75) is 26.1 Å². The Morgan fingerprint density at radius 2 is 2.26 bits per heavy atom. The average molecular weight is 287 g/mol. The number of fused-ring (bicyclic) bond motifs is 1. The standard InChI is InChI=1S/C10H17N5O3S/c1-19(17,18)13-5-8-9-6-14(10(11)16)3-2-4-15(9)7-12-8/h7,13H,2-6H2,1H3,(H2,11,16). The van der Waals surface area contributed by atoms with E-state index in [0.717, 1.165) is 24.9 Å². The van der Waals surface area contributed by atoms with Crippen LogP contribution in [-0.2, 0) is 29.7 Å². The van der Waals surface area contributed by atoms with Crippen LogP contribution in [0.25, 0.3) is 0 Å². The second-order valence-corrected chi connectivity index (χ2v) is 6.37. The molecule has 1 aromatic heterocycles. The lowest BCUT2D eigenvalue weighted by atomic mass is 10.3. The van der Waals surface area contributed by atoms with Crippen molar-refractivity contribution in [1.82, 2.24) is 19.2 Å². The molecule has 3 N–H and O–H groups in total. The van der Waals surface area contributed by atoms with Gasteiger partial charge >= 0.3 is 6.03 Å². The summed E-state index contributed by atoms with van der Waals surface area (Å²) >= 11 is 0. The highest BCUT2D eigenvalue weighted by molar-refractivity contribution is 7.88. The number of sulfonamides is 1. The lowest BCUT2D eigenvalue weighted by Crippen LogP contribution is -2.35. The molecule has 0 saturated heterocycles. The molecule has 0 saturated carbocycles. The number of nitrogens with one attached hydrogen (secondary N) is 1. The van der Waals surface area contributed by atoms with E-state index in [1.807, 2.05) is 4.57 Å². The van der Waals surface area contributed by atoms with Crippen LogP contribution in [0.1, 0.15) is 17.8 Å². The molecule has 8 nitrogen and oxygen atoms in total. The molecule has 0 aromatic carbocycles. The Bertz CT molecular complexity index is 580. The number of hydrogen-bond acceptors (Lipinski definition) is 4. The van der Waals surface area contributed by atoms with E-state index in [1.54, 1.807) is 6.33 Å². The van der Waals surface area contributed by atoms with Crippen LogP contribution in [0.5, 0.6) is 0 Å². The number of carbonyl (C=O) groups is 1. The molecule has 0 spiro atoms. The minimum Gasteiger partial charge on any atom is -0.351 e. The molecule has 0 unspecified atom stereocenters. The van der Waals surface area contributed by atoms with Gasteiger partial charge in [-0.25, -0.2) is 22.9 Å². The van der Waals surface area contributed by atoms with Gasteiger partial charge in [0.05, 0.1) is 37.1 Å². The van der Waals surface area contributed by atoms with Crippen LogP contribution in [0.2, 0.25) is 0 Å². The van der Waals surface area contributed by atoms with E-state index in [2.05, 4.69) is 9.71 Å². The SMILES string of the molecule is CS(=O)(=O)NCc1ncn2c1CN(C(N)=O)CCC2. The lowest BCUT2D eigenvalue weighted by molar-refractivity contribution is 0.205. The van der Waals surface area contributed by atoms with Crippen molar-refractivity contribution in [3.05, 3.63) is 17.7 Å². The molecule has 0 atom stereocenters. The van der Waals surface area contributed by atoms with Crippen LogP contribution in [0.4, 0.5) is 4.79 Å². The maximum Gasteiger partial charge on any atom is 0.315 e. The normalized spacial score (nSPS) is 15.9. The van der Waals surface area contributed by atoms with E-state index in [1.165, 1.54) is 4.90 Å². The minimum atomic E-state index is -3.27. The molecule has 106 valence electrons. The second kappa shape index (κ2) is 5.17. The van der Waals surface area contributed by atoms with Crippen molar-refractivity contribution in [1.29, 1.82) is 0 Å². The van der Waals surface area contributed by atoms with E-state index in [-0.39, 0.29) is 6.54 Å². The Morgan fingerprint density at radius 1 is 1.53 bits per heavy atom. The molecule has 1 aromatic rings. The highest BCUT2D eigenvalue weighted by atomic mass is 32.2. The summed E-state index contributed by atoms with van der Waals surface area (Å²) in [5.74, 6) is 0. The van der Waals surface area contributed by atoms with Crippen molar-refractivity contribution in [2.24, 2.45) is 5.73 Å². The van der Waals surface area contributed by atoms with Gasteiger partial charge in [0.2, 0.25) is 10.0 Å². The van der Waals surface area contributed by atoms with Crippen LogP contribution < -0.4 is 10.5 Å². The topological polar surface area (TPSA) is 110 Å². The molecule has 2 rings (SSSR count). The van der Waals surface area contributed by atoms with Crippen molar-refractivity contribution in [3.8, 4) is 0 Å². The number of hydrogen-bond donors (Lipinski definition) is 2. The third-order valence-corrected chi connectivity index (χ3v) is 3.68. The number of aromatic nitrogens is 2. The summed E-state index contributed by atoms with van der Waals surface area (Å²) in [7, 11) is -3.27. The van der Waals surface area contributed by atoms with E-state index in [4.69, 9.17) is 5.73 Å².